The summed E-state index contributed by atoms with van der Waals surface area (Å²) in [6.07, 6.45) is 3.31. The van der Waals surface area contributed by atoms with Gasteiger partial charge < -0.3 is 9.64 Å². The van der Waals surface area contributed by atoms with Crippen molar-refractivity contribution in [1.82, 2.24) is 14.8 Å². The fourth-order valence-electron chi connectivity index (χ4n) is 2.92. The Bertz CT molecular complexity index is 658. The molecule has 120 valence electrons. The summed E-state index contributed by atoms with van der Waals surface area (Å²) >= 11 is 0. The third-order valence-electron chi connectivity index (χ3n) is 4.36. The molecule has 0 unspecified atom stereocenters. The molecular weight excluding hydrogens is 290 g/mol. The molecule has 5 nitrogen and oxygen atoms in total. The highest BCUT2D eigenvalue weighted by molar-refractivity contribution is 5.94. The highest BCUT2D eigenvalue weighted by atomic mass is 16.5. The van der Waals surface area contributed by atoms with Crippen molar-refractivity contribution < 1.29 is 9.53 Å². The molecule has 1 aromatic carbocycles. The fourth-order valence-corrected chi connectivity index (χ4v) is 2.92. The van der Waals surface area contributed by atoms with Gasteiger partial charge in [-0.3, -0.25) is 14.7 Å². The SMILES string of the molecule is COc1ccc([C@H]2CN(C(=O)c3ccncc3)CCN2C)cc1. The summed E-state index contributed by atoms with van der Waals surface area (Å²) < 4.78 is 5.22. The van der Waals surface area contributed by atoms with Gasteiger partial charge in [0.1, 0.15) is 5.75 Å². The van der Waals surface area contributed by atoms with Crippen LogP contribution in [0.2, 0.25) is 0 Å². The van der Waals surface area contributed by atoms with E-state index in [9.17, 15) is 4.79 Å². The summed E-state index contributed by atoms with van der Waals surface area (Å²) in [6, 6.07) is 11.8. The van der Waals surface area contributed by atoms with E-state index in [0.29, 0.717) is 12.1 Å². The molecule has 1 saturated heterocycles. The Morgan fingerprint density at radius 1 is 1.13 bits per heavy atom. The molecular formula is C18H21N3O2. The van der Waals surface area contributed by atoms with E-state index >= 15 is 0 Å². The van der Waals surface area contributed by atoms with E-state index in [-0.39, 0.29) is 11.9 Å². The summed E-state index contributed by atoms with van der Waals surface area (Å²) in [5, 5.41) is 0. The lowest BCUT2D eigenvalue weighted by molar-refractivity contribution is 0.0546. The van der Waals surface area contributed by atoms with E-state index in [2.05, 4.69) is 29.1 Å². The van der Waals surface area contributed by atoms with Crippen LogP contribution in [0.5, 0.6) is 5.75 Å². The van der Waals surface area contributed by atoms with Crippen LogP contribution in [-0.2, 0) is 0 Å². The number of benzene rings is 1. The third kappa shape index (κ3) is 3.35. The lowest BCUT2D eigenvalue weighted by atomic mass is 10.0. The monoisotopic (exact) mass is 311 g/mol. The number of hydrogen-bond acceptors (Lipinski definition) is 4. The number of piperazine rings is 1. The summed E-state index contributed by atoms with van der Waals surface area (Å²) in [5.41, 5.74) is 1.89. The summed E-state index contributed by atoms with van der Waals surface area (Å²) in [5.74, 6) is 0.913. The highest BCUT2D eigenvalue weighted by Gasteiger charge is 2.28. The van der Waals surface area contributed by atoms with Crippen molar-refractivity contribution in [1.29, 1.82) is 0 Å². The first-order valence-electron chi connectivity index (χ1n) is 7.72. The van der Waals surface area contributed by atoms with Crippen LogP contribution < -0.4 is 4.74 Å². The number of carbonyl (C=O) groups is 1. The van der Waals surface area contributed by atoms with Crippen LogP contribution in [0.1, 0.15) is 22.0 Å². The van der Waals surface area contributed by atoms with Crippen molar-refractivity contribution in [2.45, 2.75) is 6.04 Å². The van der Waals surface area contributed by atoms with Gasteiger partial charge in [0.05, 0.1) is 13.2 Å². The van der Waals surface area contributed by atoms with Crippen molar-refractivity contribution in [3.63, 3.8) is 0 Å². The molecule has 1 aliphatic heterocycles. The number of hydrogen-bond donors (Lipinski definition) is 0. The molecule has 1 fully saturated rings. The molecule has 1 amide bonds. The molecule has 1 aliphatic rings. The first-order chi connectivity index (χ1) is 11.2. The Morgan fingerprint density at radius 3 is 2.48 bits per heavy atom. The number of methoxy groups -OCH3 is 1. The zero-order chi connectivity index (χ0) is 16.2. The zero-order valence-electron chi connectivity index (χ0n) is 13.5. The van der Waals surface area contributed by atoms with Crippen LogP contribution in [0.15, 0.2) is 48.8 Å². The van der Waals surface area contributed by atoms with Gasteiger partial charge in [-0.1, -0.05) is 12.1 Å². The molecule has 23 heavy (non-hydrogen) atoms. The number of carbonyl (C=O) groups excluding carboxylic acids is 1. The van der Waals surface area contributed by atoms with Gasteiger partial charge in [0, 0.05) is 37.6 Å². The maximum atomic E-state index is 12.6. The molecule has 2 heterocycles. The van der Waals surface area contributed by atoms with Crippen molar-refractivity contribution in [3.8, 4) is 5.75 Å². The van der Waals surface area contributed by atoms with Crippen LogP contribution in [-0.4, -0.2) is 54.5 Å². The number of likely N-dealkylation sites (N-methyl/N-ethyl adjacent to an activating group) is 1. The topological polar surface area (TPSA) is 45.7 Å². The van der Waals surface area contributed by atoms with Gasteiger partial charge in [-0.2, -0.15) is 0 Å². The Morgan fingerprint density at radius 2 is 1.83 bits per heavy atom. The number of ether oxygens (including phenoxy) is 1. The predicted octanol–water partition coefficient (Wildman–Crippen LogP) is 2.22. The summed E-state index contributed by atoms with van der Waals surface area (Å²) in [4.78, 5) is 20.8. The van der Waals surface area contributed by atoms with Crippen LogP contribution >= 0.6 is 0 Å². The van der Waals surface area contributed by atoms with Crippen molar-refractivity contribution in [2.24, 2.45) is 0 Å². The van der Waals surface area contributed by atoms with Gasteiger partial charge in [0.2, 0.25) is 0 Å². The molecule has 0 bridgehead atoms. The molecule has 0 radical (unpaired) electrons. The van der Waals surface area contributed by atoms with Gasteiger partial charge >= 0.3 is 0 Å². The van der Waals surface area contributed by atoms with Gasteiger partial charge in [0.25, 0.3) is 5.91 Å². The second-order valence-corrected chi connectivity index (χ2v) is 5.76. The Kier molecular flexibility index (Phi) is 4.57. The molecule has 2 aromatic rings. The molecule has 0 aliphatic carbocycles. The molecule has 0 saturated carbocycles. The van der Waals surface area contributed by atoms with Gasteiger partial charge in [-0.05, 0) is 36.9 Å². The van der Waals surface area contributed by atoms with E-state index in [1.165, 1.54) is 5.56 Å². The minimum Gasteiger partial charge on any atom is -0.497 e. The normalized spacial score (nSPS) is 18.7. The number of nitrogens with zero attached hydrogens (tertiary/aromatic N) is 3. The number of rotatable bonds is 3. The lowest BCUT2D eigenvalue weighted by Crippen LogP contribution is -2.49. The van der Waals surface area contributed by atoms with E-state index in [0.717, 1.165) is 18.8 Å². The smallest absolute Gasteiger partial charge is 0.254 e. The molecule has 5 heteroatoms. The minimum atomic E-state index is 0.0685. The van der Waals surface area contributed by atoms with Gasteiger partial charge in [0.15, 0.2) is 0 Å². The van der Waals surface area contributed by atoms with Crippen LogP contribution in [0, 0.1) is 0 Å². The third-order valence-corrected chi connectivity index (χ3v) is 4.36. The molecule has 3 rings (SSSR count). The number of pyridine rings is 1. The van der Waals surface area contributed by atoms with Gasteiger partial charge in [-0.25, -0.2) is 0 Å². The van der Waals surface area contributed by atoms with Crippen LogP contribution in [0.4, 0.5) is 0 Å². The standard InChI is InChI=1S/C18H21N3O2/c1-20-11-12-21(18(22)15-7-9-19-10-8-15)13-17(20)14-3-5-16(23-2)6-4-14/h3-10,17H,11-13H2,1-2H3/t17-/m1/s1. The van der Waals surface area contributed by atoms with Crippen LogP contribution in [0.25, 0.3) is 0 Å². The lowest BCUT2D eigenvalue weighted by Gasteiger charge is -2.39. The average Bonchev–Trinajstić information content (AvgIpc) is 2.62. The molecule has 0 N–H and O–H groups in total. The van der Waals surface area contributed by atoms with Crippen molar-refractivity contribution in [2.75, 3.05) is 33.8 Å². The number of amides is 1. The van der Waals surface area contributed by atoms with Crippen molar-refractivity contribution in [3.05, 3.63) is 59.9 Å². The van der Waals surface area contributed by atoms with Gasteiger partial charge in [-0.15, -0.1) is 0 Å². The molecule has 0 spiro atoms. The minimum absolute atomic E-state index is 0.0685. The Balaban J connectivity index is 1.77. The van der Waals surface area contributed by atoms with E-state index in [1.54, 1.807) is 31.6 Å². The van der Waals surface area contributed by atoms with Crippen LogP contribution in [0.3, 0.4) is 0 Å². The largest absolute Gasteiger partial charge is 0.497 e. The zero-order valence-corrected chi connectivity index (χ0v) is 13.5. The summed E-state index contributed by atoms with van der Waals surface area (Å²) in [7, 11) is 3.76. The Hall–Kier alpha value is -2.40. The maximum absolute atomic E-state index is 12.6. The molecule has 1 atom stereocenters. The van der Waals surface area contributed by atoms with E-state index < -0.39 is 0 Å². The molecule has 1 aromatic heterocycles. The predicted molar refractivity (Wildman–Crippen MR) is 88.5 cm³/mol. The quantitative estimate of drug-likeness (QED) is 0.872. The fraction of sp³-hybridized carbons (Fsp3) is 0.333. The Labute approximate surface area is 136 Å². The van der Waals surface area contributed by atoms with Crippen molar-refractivity contribution >= 4 is 5.91 Å². The first-order valence-corrected chi connectivity index (χ1v) is 7.72. The number of aromatic nitrogens is 1. The van der Waals surface area contributed by atoms with E-state index in [1.807, 2.05) is 17.0 Å². The first kappa shape index (κ1) is 15.5. The summed E-state index contributed by atoms with van der Waals surface area (Å²) in [6.45, 7) is 2.28. The highest BCUT2D eigenvalue weighted by Crippen LogP contribution is 2.26. The average molecular weight is 311 g/mol. The van der Waals surface area contributed by atoms with E-state index in [4.69, 9.17) is 4.74 Å². The second-order valence-electron chi connectivity index (χ2n) is 5.76. The second kappa shape index (κ2) is 6.79. The maximum Gasteiger partial charge on any atom is 0.254 e.